The summed E-state index contributed by atoms with van der Waals surface area (Å²) < 4.78 is 15.0. The lowest BCUT2D eigenvalue weighted by atomic mass is 10.0. The number of nitrogens with zero attached hydrogens (tertiary/aromatic N) is 4. The largest absolute Gasteiger partial charge is 0.456 e. The van der Waals surface area contributed by atoms with Gasteiger partial charge in [-0.05, 0) is 83.9 Å². The van der Waals surface area contributed by atoms with E-state index in [4.69, 9.17) is 19.1 Å². The first-order valence-corrected chi connectivity index (χ1v) is 18.7. The minimum Gasteiger partial charge on any atom is -0.456 e. The summed E-state index contributed by atoms with van der Waals surface area (Å²) in [6, 6.07) is 63.1. The molecule has 262 valence electrons. The average Bonchev–Trinajstić information content (AvgIpc) is 3.80. The Morgan fingerprint density at radius 3 is 2.04 bits per heavy atom. The van der Waals surface area contributed by atoms with Gasteiger partial charge < -0.3 is 14.1 Å². The van der Waals surface area contributed by atoms with Crippen molar-refractivity contribution >= 4 is 71.7 Å². The van der Waals surface area contributed by atoms with Crippen molar-refractivity contribution in [2.45, 2.75) is 0 Å². The van der Waals surface area contributed by atoms with Crippen LogP contribution in [-0.2, 0) is 0 Å². The molecule has 0 aliphatic carbocycles. The first-order chi connectivity index (χ1) is 27.7. The lowest BCUT2D eigenvalue weighted by molar-refractivity contribution is 0.477. The van der Waals surface area contributed by atoms with Crippen LogP contribution in [0.4, 0.5) is 17.1 Å². The van der Waals surface area contributed by atoms with Crippen LogP contribution >= 0.6 is 0 Å². The quantitative estimate of drug-likeness (QED) is 0.181. The minimum absolute atomic E-state index is 0.643. The number of para-hydroxylation sites is 5. The Morgan fingerprint density at radius 1 is 0.411 bits per heavy atom. The highest BCUT2D eigenvalue weighted by atomic mass is 16.5. The molecule has 12 rings (SSSR count). The van der Waals surface area contributed by atoms with Crippen LogP contribution in [0.2, 0.25) is 0 Å². The third-order valence-corrected chi connectivity index (χ3v) is 11.0. The lowest BCUT2D eigenvalue weighted by Gasteiger charge is -2.33. The van der Waals surface area contributed by atoms with Crippen LogP contribution in [0.25, 0.3) is 83.0 Å². The second-order valence-corrected chi connectivity index (χ2v) is 14.2. The van der Waals surface area contributed by atoms with E-state index in [1.165, 1.54) is 0 Å². The van der Waals surface area contributed by atoms with E-state index in [2.05, 4.69) is 149 Å². The van der Waals surface area contributed by atoms with Crippen LogP contribution in [0.5, 0.6) is 11.5 Å². The summed E-state index contributed by atoms with van der Waals surface area (Å²) in [5, 5.41) is 5.47. The van der Waals surface area contributed by atoms with Crippen molar-refractivity contribution < 1.29 is 9.15 Å². The topological polar surface area (TPSA) is 56.3 Å². The number of furan rings is 1. The minimum atomic E-state index is 0.643. The fourth-order valence-electron chi connectivity index (χ4n) is 8.42. The summed E-state index contributed by atoms with van der Waals surface area (Å²) in [5.41, 5.74) is 11.9. The van der Waals surface area contributed by atoms with Gasteiger partial charge in [0.25, 0.3) is 0 Å². The third-order valence-electron chi connectivity index (χ3n) is 11.0. The normalized spacial score (nSPS) is 12.4. The van der Waals surface area contributed by atoms with Crippen molar-refractivity contribution in [1.29, 1.82) is 0 Å². The number of rotatable bonds is 4. The summed E-state index contributed by atoms with van der Waals surface area (Å²) in [6.07, 6.45) is 0. The van der Waals surface area contributed by atoms with E-state index >= 15 is 0 Å². The van der Waals surface area contributed by atoms with Gasteiger partial charge in [-0.15, -0.1) is 0 Å². The molecule has 1 aliphatic heterocycles. The molecule has 6 nitrogen and oxygen atoms in total. The SMILES string of the molecule is c1ccc(-c2nc(-n3c4ccccc4c4cc(-c5ccc6c(c5)Oc5ccccc5N6c5ccc6oc7ccccc7c6c5)ccc43)nc3ccccc23)cc1. The molecular formula is C50H30N4O2. The van der Waals surface area contributed by atoms with E-state index in [1.54, 1.807) is 0 Å². The first kappa shape index (κ1) is 30.7. The second-order valence-electron chi connectivity index (χ2n) is 14.2. The van der Waals surface area contributed by atoms with Gasteiger partial charge in [-0.2, -0.15) is 0 Å². The summed E-state index contributed by atoms with van der Waals surface area (Å²) in [4.78, 5) is 12.7. The van der Waals surface area contributed by atoms with E-state index in [0.717, 1.165) is 106 Å². The second kappa shape index (κ2) is 11.9. The number of ether oxygens (including phenoxy) is 1. The zero-order chi connectivity index (χ0) is 36.7. The number of hydrogen-bond acceptors (Lipinski definition) is 5. The molecule has 0 fully saturated rings. The third kappa shape index (κ3) is 4.63. The Kier molecular flexibility index (Phi) is 6.53. The maximum atomic E-state index is 6.66. The smallest absolute Gasteiger partial charge is 0.235 e. The van der Waals surface area contributed by atoms with Gasteiger partial charge in [-0.25, -0.2) is 9.97 Å². The molecule has 0 amide bonds. The molecule has 0 saturated carbocycles. The van der Waals surface area contributed by atoms with Crippen molar-refractivity contribution in [1.82, 2.24) is 14.5 Å². The highest BCUT2D eigenvalue weighted by molar-refractivity contribution is 6.11. The van der Waals surface area contributed by atoms with Gasteiger partial charge >= 0.3 is 0 Å². The Labute approximate surface area is 321 Å². The summed E-state index contributed by atoms with van der Waals surface area (Å²) >= 11 is 0. The molecule has 0 radical (unpaired) electrons. The Hall–Kier alpha value is -7.70. The van der Waals surface area contributed by atoms with Crippen LogP contribution in [0.15, 0.2) is 186 Å². The highest BCUT2D eigenvalue weighted by Crippen LogP contribution is 2.52. The van der Waals surface area contributed by atoms with Gasteiger partial charge in [-0.1, -0.05) is 109 Å². The summed E-state index contributed by atoms with van der Waals surface area (Å²) in [5.74, 6) is 2.24. The Morgan fingerprint density at radius 2 is 1.11 bits per heavy atom. The number of benzene rings is 8. The molecule has 6 heteroatoms. The molecule has 4 heterocycles. The van der Waals surface area contributed by atoms with E-state index in [1.807, 2.05) is 42.5 Å². The van der Waals surface area contributed by atoms with Crippen molar-refractivity contribution in [3.63, 3.8) is 0 Å². The number of anilines is 3. The van der Waals surface area contributed by atoms with Crippen molar-refractivity contribution in [3.05, 3.63) is 182 Å². The lowest BCUT2D eigenvalue weighted by Crippen LogP contribution is -2.15. The Bertz CT molecular complexity index is 3360. The van der Waals surface area contributed by atoms with Gasteiger partial charge in [0.2, 0.25) is 5.95 Å². The maximum absolute atomic E-state index is 6.66. The molecule has 0 saturated heterocycles. The number of fused-ring (bicyclic) bond motifs is 9. The highest BCUT2D eigenvalue weighted by Gasteiger charge is 2.27. The number of hydrogen-bond donors (Lipinski definition) is 0. The average molecular weight is 719 g/mol. The van der Waals surface area contributed by atoms with E-state index in [-0.39, 0.29) is 0 Å². The van der Waals surface area contributed by atoms with Gasteiger partial charge in [0.15, 0.2) is 11.5 Å². The molecule has 0 spiro atoms. The van der Waals surface area contributed by atoms with Gasteiger partial charge in [-0.3, -0.25) is 4.57 Å². The molecule has 3 aromatic heterocycles. The van der Waals surface area contributed by atoms with Crippen molar-refractivity contribution in [3.8, 4) is 39.8 Å². The standard InChI is InChI=1S/C50H30N4O2/c1-2-12-31(13-3-1)49-37-16-4-7-17-40(37)51-50(52-49)54-41-18-8-5-14-35(41)38-28-32(22-25-42(38)54)33-23-26-44-48(29-33)56-47-21-11-9-19-43(47)53(44)34-24-27-46-39(30-34)36-15-6-10-20-45(36)55-46/h1-30H. The van der Waals surface area contributed by atoms with Crippen LogP contribution in [0, 0.1) is 0 Å². The van der Waals surface area contributed by atoms with Crippen LogP contribution in [-0.4, -0.2) is 14.5 Å². The zero-order valence-corrected chi connectivity index (χ0v) is 29.9. The van der Waals surface area contributed by atoms with E-state index in [0.29, 0.717) is 5.95 Å². The fraction of sp³-hybridized carbons (Fsp3) is 0. The molecule has 1 aliphatic rings. The maximum Gasteiger partial charge on any atom is 0.235 e. The van der Waals surface area contributed by atoms with E-state index in [9.17, 15) is 0 Å². The molecule has 0 unspecified atom stereocenters. The number of aromatic nitrogens is 3. The van der Waals surface area contributed by atoms with Gasteiger partial charge in [0.1, 0.15) is 11.2 Å². The summed E-state index contributed by atoms with van der Waals surface area (Å²) in [6.45, 7) is 0. The predicted molar refractivity (Wildman–Crippen MR) is 227 cm³/mol. The fourth-order valence-corrected chi connectivity index (χ4v) is 8.42. The molecule has 0 atom stereocenters. The molecular weight excluding hydrogens is 689 g/mol. The molecule has 8 aromatic carbocycles. The van der Waals surface area contributed by atoms with Crippen molar-refractivity contribution in [2.24, 2.45) is 0 Å². The molecule has 56 heavy (non-hydrogen) atoms. The molecule has 0 bridgehead atoms. The van der Waals surface area contributed by atoms with Crippen LogP contribution < -0.4 is 9.64 Å². The van der Waals surface area contributed by atoms with Crippen molar-refractivity contribution in [2.75, 3.05) is 4.90 Å². The van der Waals surface area contributed by atoms with Crippen LogP contribution in [0.3, 0.4) is 0 Å². The molecule has 0 N–H and O–H groups in total. The predicted octanol–water partition coefficient (Wildman–Crippen LogP) is 13.5. The van der Waals surface area contributed by atoms with Gasteiger partial charge in [0, 0.05) is 38.2 Å². The molecule has 11 aromatic rings. The van der Waals surface area contributed by atoms with E-state index < -0.39 is 0 Å². The van der Waals surface area contributed by atoms with Crippen LogP contribution in [0.1, 0.15) is 0 Å². The van der Waals surface area contributed by atoms with Gasteiger partial charge in [0.05, 0.1) is 33.6 Å². The zero-order valence-electron chi connectivity index (χ0n) is 29.9. The Balaban J connectivity index is 1.000. The first-order valence-electron chi connectivity index (χ1n) is 18.7. The monoisotopic (exact) mass is 718 g/mol. The summed E-state index contributed by atoms with van der Waals surface area (Å²) in [7, 11) is 0.